The summed E-state index contributed by atoms with van der Waals surface area (Å²) >= 11 is 0. The van der Waals surface area contributed by atoms with Crippen molar-refractivity contribution >= 4 is 15.7 Å². The zero-order chi connectivity index (χ0) is 15.6. The Kier molecular flexibility index (Phi) is 4.24. The third kappa shape index (κ3) is 3.03. The molecule has 112 valence electrons. The summed E-state index contributed by atoms with van der Waals surface area (Å²) in [4.78, 5) is -0.0730. The van der Waals surface area contributed by atoms with Crippen LogP contribution < -0.4 is 10.0 Å². The molecule has 0 fully saturated rings. The van der Waals surface area contributed by atoms with E-state index < -0.39 is 21.7 Å². The second-order valence-corrected chi connectivity index (χ2v) is 6.38. The predicted octanol–water partition coefficient (Wildman–Crippen LogP) is 2.25. The van der Waals surface area contributed by atoms with E-state index in [0.717, 1.165) is 22.5 Å². The first-order chi connectivity index (χ1) is 9.86. The Morgan fingerprint density at radius 1 is 1.10 bits per heavy atom. The lowest BCUT2D eigenvalue weighted by Gasteiger charge is -2.20. The lowest BCUT2D eigenvalue weighted by atomic mass is 10.2. The molecule has 0 amide bonds. The number of hydrogen-bond acceptors (Lipinski definition) is 3. The van der Waals surface area contributed by atoms with Gasteiger partial charge < -0.3 is 5.73 Å². The lowest BCUT2D eigenvalue weighted by Crippen LogP contribution is -2.26. The van der Waals surface area contributed by atoms with E-state index in [2.05, 4.69) is 0 Å². The van der Waals surface area contributed by atoms with Crippen molar-refractivity contribution in [2.24, 2.45) is 5.73 Å². The van der Waals surface area contributed by atoms with Gasteiger partial charge in [-0.25, -0.2) is 17.2 Å². The summed E-state index contributed by atoms with van der Waals surface area (Å²) in [5.74, 6) is -1.02. The SMILES string of the molecule is CN(c1ccc(F)cc1)S(=O)(=O)c1ccc(F)c(CN)c1. The highest BCUT2D eigenvalue weighted by Gasteiger charge is 2.22. The van der Waals surface area contributed by atoms with E-state index in [4.69, 9.17) is 5.73 Å². The van der Waals surface area contributed by atoms with E-state index in [0.29, 0.717) is 5.69 Å². The Labute approximate surface area is 121 Å². The topological polar surface area (TPSA) is 63.4 Å². The molecule has 0 aliphatic carbocycles. The maximum absolute atomic E-state index is 13.4. The minimum Gasteiger partial charge on any atom is -0.326 e. The van der Waals surface area contributed by atoms with Crippen molar-refractivity contribution < 1.29 is 17.2 Å². The van der Waals surface area contributed by atoms with Gasteiger partial charge in [-0.2, -0.15) is 0 Å². The van der Waals surface area contributed by atoms with E-state index in [1.807, 2.05) is 0 Å². The molecule has 2 aromatic carbocycles. The maximum atomic E-state index is 13.4. The van der Waals surface area contributed by atoms with Gasteiger partial charge in [-0.1, -0.05) is 0 Å². The van der Waals surface area contributed by atoms with Crippen LogP contribution in [-0.2, 0) is 16.6 Å². The van der Waals surface area contributed by atoms with Crippen molar-refractivity contribution in [3.63, 3.8) is 0 Å². The number of nitrogens with zero attached hydrogens (tertiary/aromatic N) is 1. The molecule has 0 heterocycles. The van der Waals surface area contributed by atoms with Gasteiger partial charge in [0.25, 0.3) is 10.0 Å². The van der Waals surface area contributed by atoms with Crippen LogP contribution in [-0.4, -0.2) is 15.5 Å². The van der Waals surface area contributed by atoms with Crippen LogP contribution >= 0.6 is 0 Å². The fraction of sp³-hybridized carbons (Fsp3) is 0.143. The highest BCUT2D eigenvalue weighted by atomic mass is 32.2. The summed E-state index contributed by atoms with van der Waals surface area (Å²) in [5.41, 5.74) is 5.79. The van der Waals surface area contributed by atoms with Gasteiger partial charge in [0.05, 0.1) is 10.6 Å². The van der Waals surface area contributed by atoms with E-state index >= 15 is 0 Å². The van der Waals surface area contributed by atoms with Crippen molar-refractivity contribution in [1.82, 2.24) is 0 Å². The molecule has 0 unspecified atom stereocenters. The molecule has 0 aliphatic rings. The fourth-order valence-corrected chi connectivity index (χ4v) is 3.06. The van der Waals surface area contributed by atoms with Gasteiger partial charge in [0.1, 0.15) is 11.6 Å². The summed E-state index contributed by atoms with van der Waals surface area (Å²) < 4.78 is 52.2. The molecule has 2 N–H and O–H groups in total. The minimum atomic E-state index is -3.87. The van der Waals surface area contributed by atoms with Gasteiger partial charge in [-0.05, 0) is 42.5 Å². The number of nitrogens with two attached hydrogens (primary N) is 1. The molecule has 0 bridgehead atoms. The molecule has 7 heteroatoms. The van der Waals surface area contributed by atoms with Gasteiger partial charge in [0, 0.05) is 19.2 Å². The fourth-order valence-electron chi connectivity index (χ4n) is 1.82. The highest BCUT2D eigenvalue weighted by molar-refractivity contribution is 7.92. The Morgan fingerprint density at radius 3 is 2.29 bits per heavy atom. The first-order valence-electron chi connectivity index (χ1n) is 6.09. The third-order valence-electron chi connectivity index (χ3n) is 3.09. The highest BCUT2D eigenvalue weighted by Crippen LogP contribution is 2.23. The zero-order valence-electron chi connectivity index (χ0n) is 11.3. The van der Waals surface area contributed by atoms with Crippen LogP contribution in [0.15, 0.2) is 47.4 Å². The van der Waals surface area contributed by atoms with Crippen LogP contribution in [0.5, 0.6) is 0 Å². The monoisotopic (exact) mass is 312 g/mol. The van der Waals surface area contributed by atoms with Gasteiger partial charge in [-0.3, -0.25) is 4.31 Å². The van der Waals surface area contributed by atoms with Gasteiger partial charge >= 0.3 is 0 Å². The number of hydrogen-bond donors (Lipinski definition) is 1. The molecular weight excluding hydrogens is 298 g/mol. The summed E-state index contributed by atoms with van der Waals surface area (Å²) in [5, 5.41) is 0. The summed E-state index contributed by atoms with van der Waals surface area (Å²) in [7, 11) is -2.52. The molecule has 2 rings (SSSR count). The number of sulfonamides is 1. The number of rotatable bonds is 4. The summed E-state index contributed by atoms with van der Waals surface area (Å²) in [6, 6.07) is 8.46. The number of anilines is 1. The van der Waals surface area contributed by atoms with Crippen molar-refractivity contribution in [1.29, 1.82) is 0 Å². The smallest absolute Gasteiger partial charge is 0.264 e. The molecule has 0 saturated heterocycles. The molecule has 0 atom stereocenters. The van der Waals surface area contributed by atoms with Crippen LogP contribution in [0.3, 0.4) is 0 Å². The van der Waals surface area contributed by atoms with E-state index in [-0.39, 0.29) is 17.0 Å². The molecule has 4 nitrogen and oxygen atoms in total. The third-order valence-corrected chi connectivity index (χ3v) is 4.87. The van der Waals surface area contributed by atoms with Crippen molar-refractivity contribution in [2.45, 2.75) is 11.4 Å². The Bertz CT molecular complexity index is 746. The molecule has 0 spiro atoms. The number of benzene rings is 2. The molecule has 0 radical (unpaired) electrons. The molecule has 0 aromatic heterocycles. The Morgan fingerprint density at radius 2 is 1.71 bits per heavy atom. The van der Waals surface area contributed by atoms with E-state index in [9.17, 15) is 17.2 Å². The van der Waals surface area contributed by atoms with Crippen molar-refractivity contribution in [3.05, 3.63) is 59.7 Å². The minimum absolute atomic E-state index is 0.0730. The van der Waals surface area contributed by atoms with Crippen molar-refractivity contribution in [3.8, 4) is 0 Å². The predicted molar refractivity (Wildman–Crippen MR) is 76.3 cm³/mol. The Balaban J connectivity index is 2.43. The molecule has 2 aromatic rings. The first-order valence-corrected chi connectivity index (χ1v) is 7.53. The summed E-state index contributed by atoms with van der Waals surface area (Å²) in [6.07, 6.45) is 0. The average molecular weight is 312 g/mol. The van der Waals surface area contributed by atoms with Gasteiger partial charge in [0.2, 0.25) is 0 Å². The molecule has 21 heavy (non-hydrogen) atoms. The quantitative estimate of drug-likeness (QED) is 0.942. The summed E-state index contributed by atoms with van der Waals surface area (Å²) in [6.45, 7) is -0.102. The van der Waals surface area contributed by atoms with Crippen LogP contribution in [0.25, 0.3) is 0 Å². The average Bonchev–Trinajstić information content (AvgIpc) is 2.47. The standard InChI is InChI=1S/C14H14F2N2O2S/c1-18(12-4-2-11(15)3-5-12)21(19,20)13-6-7-14(16)10(8-13)9-17/h2-8H,9,17H2,1H3. The van der Waals surface area contributed by atoms with Gasteiger partial charge in [0.15, 0.2) is 0 Å². The molecule has 0 aliphatic heterocycles. The van der Waals surface area contributed by atoms with Crippen LogP contribution in [0.1, 0.15) is 5.56 Å². The van der Waals surface area contributed by atoms with Gasteiger partial charge in [-0.15, -0.1) is 0 Å². The zero-order valence-corrected chi connectivity index (χ0v) is 12.1. The van der Waals surface area contributed by atoms with E-state index in [1.165, 1.54) is 31.3 Å². The Hall–Kier alpha value is -1.99. The largest absolute Gasteiger partial charge is 0.326 e. The van der Waals surface area contributed by atoms with Crippen LogP contribution in [0.4, 0.5) is 14.5 Å². The van der Waals surface area contributed by atoms with Crippen molar-refractivity contribution in [2.75, 3.05) is 11.4 Å². The van der Waals surface area contributed by atoms with Crippen LogP contribution in [0, 0.1) is 11.6 Å². The van der Waals surface area contributed by atoms with Crippen LogP contribution in [0.2, 0.25) is 0 Å². The second kappa shape index (κ2) is 5.79. The lowest BCUT2D eigenvalue weighted by molar-refractivity contribution is 0.590. The number of halogens is 2. The molecular formula is C14H14F2N2O2S. The maximum Gasteiger partial charge on any atom is 0.264 e. The normalized spacial score (nSPS) is 11.4. The first kappa shape index (κ1) is 15.4. The molecule has 0 saturated carbocycles. The second-order valence-electron chi connectivity index (χ2n) is 4.41. The van der Waals surface area contributed by atoms with E-state index in [1.54, 1.807) is 0 Å².